The van der Waals surface area contributed by atoms with Crippen LogP contribution in [0.2, 0.25) is 0 Å². The van der Waals surface area contributed by atoms with Crippen LogP contribution in [0, 0.1) is 10.1 Å². The number of non-ortho nitro benzene ring substituents is 1. The van der Waals surface area contributed by atoms with E-state index in [1.807, 2.05) is 0 Å². The van der Waals surface area contributed by atoms with E-state index >= 15 is 0 Å². The average Bonchev–Trinajstić information content (AvgIpc) is 2.45. The first-order valence-electron chi connectivity index (χ1n) is 5.73. The predicted octanol–water partition coefficient (Wildman–Crippen LogP) is 2.30. The van der Waals surface area contributed by atoms with E-state index in [1.54, 1.807) is 12.1 Å². The topological polar surface area (TPSA) is 105 Å². The molecule has 1 heterocycles. The van der Waals surface area contributed by atoms with Crippen molar-refractivity contribution in [3.05, 3.63) is 63.8 Å². The van der Waals surface area contributed by atoms with Crippen LogP contribution in [0.4, 0.5) is 11.5 Å². The third-order valence-corrected chi connectivity index (χ3v) is 2.62. The fourth-order valence-electron chi connectivity index (χ4n) is 1.68. The van der Waals surface area contributed by atoms with Gasteiger partial charge in [-0.2, -0.15) is 0 Å². The fourth-order valence-corrected chi connectivity index (χ4v) is 1.68. The largest absolute Gasteiger partial charge is 0.478 e. The van der Waals surface area contributed by atoms with E-state index < -0.39 is 10.9 Å². The second-order valence-corrected chi connectivity index (χ2v) is 3.99. The number of anilines is 1. The van der Waals surface area contributed by atoms with E-state index in [1.165, 1.54) is 30.5 Å². The van der Waals surface area contributed by atoms with Gasteiger partial charge in [-0.15, -0.1) is 0 Å². The molecule has 1 aromatic carbocycles. The number of nitro groups is 1. The van der Waals surface area contributed by atoms with Crippen molar-refractivity contribution in [1.82, 2.24) is 4.98 Å². The van der Waals surface area contributed by atoms with Crippen LogP contribution in [0.15, 0.2) is 42.6 Å². The molecule has 0 radical (unpaired) electrons. The molecule has 0 bridgehead atoms. The summed E-state index contributed by atoms with van der Waals surface area (Å²) >= 11 is 0. The zero-order valence-corrected chi connectivity index (χ0v) is 10.3. The van der Waals surface area contributed by atoms with Crippen LogP contribution in [0.5, 0.6) is 0 Å². The summed E-state index contributed by atoms with van der Waals surface area (Å²) < 4.78 is 0. The molecule has 20 heavy (non-hydrogen) atoms. The molecule has 2 rings (SSSR count). The van der Waals surface area contributed by atoms with Crippen molar-refractivity contribution in [2.75, 3.05) is 5.32 Å². The third-order valence-electron chi connectivity index (χ3n) is 2.62. The number of pyridine rings is 1. The monoisotopic (exact) mass is 273 g/mol. The minimum absolute atomic E-state index is 0.0104. The Morgan fingerprint density at radius 3 is 2.85 bits per heavy atom. The lowest BCUT2D eigenvalue weighted by Gasteiger charge is -2.08. The van der Waals surface area contributed by atoms with Crippen LogP contribution in [0.3, 0.4) is 0 Å². The summed E-state index contributed by atoms with van der Waals surface area (Å²) in [5.74, 6) is -0.855. The number of nitro benzene ring substituents is 1. The van der Waals surface area contributed by atoms with Gasteiger partial charge in [0.05, 0.1) is 4.92 Å². The second kappa shape index (κ2) is 5.79. The Labute approximate surface area is 114 Å². The highest BCUT2D eigenvalue weighted by atomic mass is 16.6. The number of aromatic carboxylic acids is 1. The van der Waals surface area contributed by atoms with E-state index in [0.29, 0.717) is 5.56 Å². The maximum absolute atomic E-state index is 11.0. The number of benzene rings is 1. The molecule has 0 unspecified atom stereocenters. The Hall–Kier alpha value is -2.96. The van der Waals surface area contributed by atoms with Gasteiger partial charge in [0.15, 0.2) is 0 Å². The Morgan fingerprint density at radius 2 is 2.15 bits per heavy atom. The van der Waals surface area contributed by atoms with Gasteiger partial charge in [0.25, 0.3) is 5.69 Å². The van der Waals surface area contributed by atoms with Gasteiger partial charge < -0.3 is 10.4 Å². The van der Waals surface area contributed by atoms with Gasteiger partial charge in [-0.25, -0.2) is 9.78 Å². The number of carboxylic acids is 1. The van der Waals surface area contributed by atoms with Gasteiger partial charge >= 0.3 is 5.97 Å². The minimum atomic E-state index is -1.08. The van der Waals surface area contributed by atoms with E-state index in [0.717, 1.165) is 0 Å². The highest BCUT2D eigenvalue weighted by Crippen LogP contribution is 2.16. The standard InChI is InChI=1S/C13H11N3O4/c17-13(18)11-5-2-6-14-12(11)15-8-9-3-1-4-10(7-9)16(19)20/h1-7H,8H2,(H,14,15)(H,17,18). The third kappa shape index (κ3) is 3.08. The quantitative estimate of drug-likeness (QED) is 0.639. The molecule has 2 N–H and O–H groups in total. The van der Waals surface area contributed by atoms with Crippen LogP contribution >= 0.6 is 0 Å². The van der Waals surface area contributed by atoms with Gasteiger partial charge in [0.1, 0.15) is 11.4 Å². The number of nitrogens with zero attached hydrogens (tertiary/aromatic N) is 2. The summed E-state index contributed by atoms with van der Waals surface area (Å²) in [5.41, 5.74) is 0.711. The molecule has 0 aliphatic rings. The maximum atomic E-state index is 11.0. The SMILES string of the molecule is O=C(O)c1cccnc1NCc1cccc([N+](=O)[O-])c1. The van der Waals surface area contributed by atoms with Gasteiger partial charge in [0, 0.05) is 24.9 Å². The van der Waals surface area contributed by atoms with Crippen LogP contribution in [-0.4, -0.2) is 21.0 Å². The van der Waals surface area contributed by atoms with Gasteiger partial charge in [-0.05, 0) is 17.7 Å². The Bertz CT molecular complexity index is 658. The van der Waals surface area contributed by atoms with Crippen LogP contribution in [0.25, 0.3) is 0 Å². The number of nitrogens with one attached hydrogen (secondary N) is 1. The molecule has 7 heteroatoms. The van der Waals surface area contributed by atoms with Crippen molar-refractivity contribution in [3.8, 4) is 0 Å². The lowest BCUT2D eigenvalue weighted by Crippen LogP contribution is -2.08. The molecule has 0 fully saturated rings. The lowest BCUT2D eigenvalue weighted by atomic mass is 10.2. The minimum Gasteiger partial charge on any atom is -0.478 e. The van der Waals surface area contributed by atoms with Crippen LogP contribution in [-0.2, 0) is 6.54 Å². The molecule has 2 aromatic rings. The van der Waals surface area contributed by atoms with Crippen molar-refractivity contribution in [2.24, 2.45) is 0 Å². The van der Waals surface area contributed by atoms with E-state index in [2.05, 4.69) is 10.3 Å². The highest BCUT2D eigenvalue weighted by molar-refractivity contribution is 5.92. The number of carbonyl (C=O) groups is 1. The second-order valence-electron chi connectivity index (χ2n) is 3.99. The molecular formula is C13H11N3O4. The summed E-state index contributed by atoms with van der Waals surface area (Å²) in [6, 6.07) is 9.07. The lowest BCUT2D eigenvalue weighted by molar-refractivity contribution is -0.384. The Kier molecular flexibility index (Phi) is 3.90. The molecule has 0 aliphatic carbocycles. The maximum Gasteiger partial charge on any atom is 0.339 e. The van der Waals surface area contributed by atoms with Crippen LogP contribution < -0.4 is 5.32 Å². The summed E-state index contributed by atoms with van der Waals surface area (Å²) in [6.45, 7) is 0.249. The Morgan fingerprint density at radius 1 is 1.35 bits per heavy atom. The smallest absolute Gasteiger partial charge is 0.339 e. The van der Waals surface area contributed by atoms with Crippen molar-refractivity contribution in [3.63, 3.8) is 0 Å². The van der Waals surface area contributed by atoms with Crippen LogP contribution in [0.1, 0.15) is 15.9 Å². The Balaban J connectivity index is 2.15. The first-order chi connectivity index (χ1) is 9.58. The predicted molar refractivity (Wildman–Crippen MR) is 71.6 cm³/mol. The fraction of sp³-hybridized carbons (Fsp3) is 0.0769. The number of aromatic nitrogens is 1. The zero-order chi connectivity index (χ0) is 14.5. The number of carboxylic acid groups (broad SMARTS) is 1. The van der Waals surface area contributed by atoms with Gasteiger partial charge in [-0.1, -0.05) is 12.1 Å². The number of hydrogen-bond acceptors (Lipinski definition) is 5. The summed E-state index contributed by atoms with van der Waals surface area (Å²) in [6.07, 6.45) is 1.47. The van der Waals surface area contributed by atoms with Gasteiger partial charge in [0.2, 0.25) is 0 Å². The molecule has 0 aliphatic heterocycles. The molecule has 0 atom stereocenters. The molecular weight excluding hydrogens is 262 g/mol. The van der Waals surface area contributed by atoms with E-state index in [4.69, 9.17) is 5.11 Å². The van der Waals surface area contributed by atoms with Crippen molar-refractivity contribution in [2.45, 2.75) is 6.54 Å². The van der Waals surface area contributed by atoms with E-state index in [9.17, 15) is 14.9 Å². The summed E-state index contributed by atoms with van der Waals surface area (Å²) in [7, 11) is 0. The normalized spacial score (nSPS) is 10.0. The molecule has 102 valence electrons. The number of hydrogen-bond donors (Lipinski definition) is 2. The molecule has 7 nitrogen and oxygen atoms in total. The molecule has 1 aromatic heterocycles. The summed E-state index contributed by atoms with van der Waals surface area (Å²) in [5, 5.41) is 22.5. The zero-order valence-electron chi connectivity index (χ0n) is 10.3. The first kappa shape index (κ1) is 13.5. The van der Waals surface area contributed by atoms with Crippen molar-refractivity contribution in [1.29, 1.82) is 0 Å². The number of rotatable bonds is 5. The molecule has 0 amide bonds. The molecule has 0 saturated carbocycles. The van der Waals surface area contributed by atoms with Crippen molar-refractivity contribution >= 4 is 17.5 Å². The van der Waals surface area contributed by atoms with E-state index in [-0.39, 0.29) is 23.6 Å². The highest BCUT2D eigenvalue weighted by Gasteiger charge is 2.11. The molecule has 0 saturated heterocycles. The molecule has 0 spiro atoms. The van der Waals surface area contributed by atoms with Gasteiger partial charge in [-0.3, -0.25) is 10.1 Å². The first-order valence-corrected chi connectivity index (χ1v) is 5.73. The average molecular weight is 273 g/mol. The summed E-state index contributed by atoms with van der Waals surface area (Å²) in [4.78, 5) is 25.1. The van der Waals surface area contributed by atoms with Crippen molar-refractivity contribution < 1.29 is 14.8 Å².